The van der Waals surface area contributed by atoms with Gasteiger partial charge in [0.1, 0.15) is 5.82 Å². The summed E-state index contributed by atoms with van der Waals surface area (Å²) in [6.07, 6.45) is 0.384. The van der Waals surface area contributed by atoms with Gasteiger partial charge in [-0.3, -0.25) is 0 Å². The van der Waals surface area contributed by atoms with Crippen LogP contribution in [0, 0.1) is 5.82 Å². The van der Waals surface area contributed by atoms with Gasteiger partial charge >= 0.3 is 0 Å². The predicted octanol–water partition coefficient (Wildman–Crippen LogP) is 6.20. The van der Waals surface area contributed by atoms with Crippen LogP contribution in [0.25, 0.3) is 0 Å². The van der Waals surface area contributed by atoms with Crippen LogP contribution in [0.15, 0.2) is 46.9 Å². The first kappa shape index (κ1) is 17.1. The lowest BCUT2D eigenvalue weighted by Gasteiger charge is -2.31. The molecule has 5 heteroatoms. The molecule has 2 rings (SSSR count). The van der Waals surface area contributed by atoms with Gasteiger partial charge in [0, 0.05) is 26.7 Å². The van der Waals surface area contributed by atoms with E-state index in [1.54, 1.807) is 18.2 Å². The van der Waals surface area contributed by atoms with E-state index in [1.165, 1.54) is 6.07 Å². The van der Waals surface area contributed by atoms with Gasteiger partial charge in [0.05, 0.1) is 0 Å². The molecule has 0 bridgehead atoms. The molecule has 0 aliphatic carbocycles. The van der Waals surface area contributed by atoms with Crippen molar-refractivity contribution in [1.29, 1.82) is 0 Å². The Bertz CT molecular complexity index is 627. The second kappa shape index (κ2) is 7.32. The Morgan fingerprint density at radius 2 is 1.71 bits per heavy atom. The van der Waals surface area contributed by atoms with Crippen LogP contribution in [0.1, 0.15) is 11.1 Å². The highest BCUT2D eigenvalue weighted by Gasteiger charge is 2.33. The highest BCUT2D eigenvalue weighted by Crippen LogP contribution is 2.36. The third kappa shape index (κ3) is 3.73. The van der Waals surface area contributed by atoms with Crippen LogP contribution < -0.4 is 0 Å². The Labute approximate surface area is 147 Å². The van der Waals surface area contributed by atoms with Crippen molar-refractivity contribution in [1.82, 2.24) is 0 Å². The van der Waals surface area contributed by atoms with E-state index in [4.69, 9.17) is 34.8 Å². The molecule has 0 fully saturated rings. The molecule has 0 atom stereocenters. The summed E-state index contributed by atoms with van der Waals surface area (Å²) < 4.78 is 14.9. The summed E-state index contributed by atoms with van der Waals surface area (Å²) in [5.74, 6) is 0.239. The first-order chi connectivity index (χ1) is 10.0. The Kier molecular flexibility index (Phi) is 5.96. The lowest BCUT2D eigenvalue weighted by Crippen LogP contribution is -2.34. The van der Waals surface area contributed by atoms with Crippen LogP contribution in [0.3, 0.4) is 0 Å². The van der Waals surface area contributed by atoms with Crippen molar-refractivity contribution in [3.63, 3.8) is 0 Å². The minimum Gasteiger partial charge on any atom is -0.207 e. The molecule has 0 amide bonds. The van der Waals surface area contributed by atoms with E-state index >= 15 is 0 Å². The Morgan fingerprint density at radius 1 is 1.05 bits per heavy atom. The molecule has 0 unspecified atom stereocenters. The number of alkyl halides is 2. The highest BCUT2D eigenvalue weighted by atomic mass is 79.9. The molecule has 0 nitrogen and oxygen atoms in total. The van der Waals surface area contributed by atoms with Crippen molar-refractivity contribution in [2.75, 3.05) is 11.8 Å². The molecule has 112 valence electrons. The number of rotatable bonds is 5. The Balaban J connectivity index is 2.48. The zero-order chi connectivity index (χ0) is 15.5. The molecule has 21 heavy (non-hydrogen) atoms. The summed E-state index contributed by atoms with van der Waals surface area (Å²) in [7, 11) is 0. The van der Waals surface area contributed by atoms with E-state index in [0.717, 1.165) is 10.0 Å². The lowest BCUT2D eigenvalue weighted by molar-refractivity contribution is 0.512. The molecule has 2 aromatic rings. The highest BCUT2D eigenvalue weighted by molar-refractivity contribution is 9.10. The summed E-state index contributed by atoms with van der Waals surface area (Å²) in [6.45, 7) is 0. The van der Waals surface area contributed by atoms with E-state index in [-0.39, 0.29) is 17.6 Å². The molecule has 2 aromatic carbocycles. The average molecular weight is 411 g/mol. The zero-order valence-electron chi connectivity index (χ0n) is 11.1. The van der Waals surface area contributed by atoms with Crippen molar-refractivity contribution in [2.45, 2.75) is 11.8 Å². The fourth-order valence-electron chi connectivity index (χ4n) is 2.30. The summed E-state index contributed by atoms with van der Waals surface area (Å²) >= 11 is 22.0. The maximum absolute atomic E-state index is 14.0. The maximum atomic E-state index is 14.0. The average Bonchev–Trinajstić information content (AvgIpc) is 2.49. The quantitative estimate of drug-likeness (QED) is 0.515. The Hall–Kier alpha value is -0.280. The molecule has 0 aliphatic heterocycles. The summed E-state index contributed by atoms with van der Waals surface area (Å²) in [5.41, 5.74) is 0.796. The number of halogens is 5. The SMILES string of the molecule is Fc1ccc(Br)cc1CC(CCl)(CCl)c1ccccc1Cl. The summed E-state index contributed by atoms with van der Waals surface area (Å²) in [4.78, 5) is 0. The van der Waals surface area contributed by atoms with Crippen LogP contribution in [0.4, 0.5) is 4.39 Å². The first-order valence-corrected chi connectivity index (χ1v) is 8.57. The van der Waals surface area contributed by atoms with Gasteiger partial charge < -0.3 is 0 Å². The molecule has 0 N–H and O–H groups in total. The minimum atomic E-state index is -0.608. The third-order valence-electron chi connectivity index (χ3n) is 3.49. The second-order valence-electron chi connectivity index (χ2n) is 4.94. The van der Waals surface area contributed by atoms with E-state index in [9.17, 15) is 4.39 Å². The molecule has 0 spiro atoms. The number of hydrogen-bond acceptors (Lipinski definition) is 0. The van der Waals surface area contributed by atoms with Gasteiger partial charge in [-0.1, -0.05) is 45.7 Å². The molecule has 0 aliphatic rings. The van der Waals surface area contributed by atoms with E-state index in [1.807, 2.05) is 18.2 Å². The van der Waals surface area contributed by atoms with Crippen molar-refractivity contribution in [2.24, 2.45) is 0 Å². The van der Waals surface area contributed by atoms with Crippen LogP contribution in [-0.2, 0) is 11.8 Å². The van der Waals surface area contributed by atoms with Crippen molar-refractivity contribution >= 4 is 50.7 Å². The smallest absolute Gasteiger partial charge is 0.126 e. The van der Waals surface area contributed by atoms with E-state index < -0.39 is 5.41 Å². The van der Waals surface area contributed by atoms with Gasteiger partial charge in [0.25, 0.3) is 0 Å². The first-order valence-electron chi connectivity index (χ1n) is 6.33. The topological polar surface area (TPSA) is 0 Å². The second-order valence-corrected chi connectivity index (χ2v) is 6.80. The molecular weight excluding hydrogens is 397 g/mol. The fraction of sp³-hybridized carbons (Fsp3) is 0.250. The summed E-state index contributed by atoms with van der Waals surface area (Å²) in [6, 6.07) is 12.3. The molecule has 0 saturated carbocycles. The van der Waals surface area contributed by atoms with Crippen molar-refractivity contribution in [3.05, 3.63) is 68.9 Å². The molecule has 0 aromatic heterocycles. The standard InChI is InChI=1S/C16H13BrCl3F/c17-12-5-6-15(21)11(7-12)8-16(9-18,10-19)13-3-1-2-4-14(13)20/h1-7H,8-10H2. The zero-order valence-corrected chi connectivity index (χ0v) is 14.9. The van der Waals surface area contributed by atoms with Gasteiger partial charge in [0.15, 0.2) is 0 Å². The maximum Gasteiger partial charge on any atom is 0.126 e. The molecule has 0 heterocycles. The van der Waals surface area contributed by atoms with Crippen molar-refractivity contribution in [3.8, 4) is 0 Å². The Morgan fingerprint density at radius 3 is 2.33 bits per heavy atom. The van der Waals surface area contributed by atoms with Crippen LogP contribution in [0.5, 0.6) is 0 Å². The number of benzene rings is 2. The van der Waals surface area contributed by atoms with Gasteiger partial charge in [-0.2, -0.15) is 0 Å². The van der Waals surface area contributed by atoms with E-state index in [0.29, 0.717) is 17.0 Å². The van der Waals surface area contributed by atoms with Crippen LogP contribution in [-0.4, -0.2) is 11.8 Å². The van der Waals surface area contributed by atoms with Gasteiger partial charge in [-0.25, -0.2) is 4.39 Å². The monoisotopic (exact) mass is 408 g/mol. The molecular formula is C16H13BrCl3F. The summed E-state index contributed by atoms with van der Waals surface area (Å²) in [5, 5.41) is 0.592. The van der Waals surface area contributed by atoms with Gasteiger partial charge in [-0.05, 0) is 41.8 Å². The van der Waals surface area contributed by atoms with Gasteiger partial charge in [-0.15, -0.1) is 23.2 Å². The minimum absolute atomic E-state index is 0.256. The fourth-order valence-corrected chi connectivity index (χ4v) is 3.81. The molecule has 0 radical (unpaired) electrons. The van der Waals surface area contributed by atoms with Crippen LogP contribution >= 0.6 is 50.7 Å². The van der Waals surface area contributed by atoms with E-state index in [2.05, 4.69) is 15.9 Å². The molecule has 0 saturated heterocycles. The van der Waals surface area contributed by atoms with Crippen LogP contribution in [0.2, 0.25) is 5.02 Å². The largest absolute Gasteiger partial charge is 0.207 e. The van der Waals surface area contributed by atoms with Crippen molar-refractivity contribution < 1.29 is 4.39 Å². The number of hydrogen-bond donors (Lipinski definition) is 0. The predicted molar refractivity (Wildman–Crippen MR) is 92.4 cm³/mol. The normalized spacial score (nSPS) is 11.7. The third-order valence-corrected chi connectivity index (χ3v) is 5.34. The van der Waals surface area contributed by atoms with Gasteiger partial charge in [0.2, 0.25) is 0 Å². The lowest BCUT2D eigenvalue weighted by atomic mass is 9.78.